The van der Waals surface area contributed by atoms with Crippen LogP contribution in [0.15, 0.2) is 35.6 Å². The molecule has 1 fully saturated rings. The number of nitrogens with one attached hydrogen (secondary N) is 2. The molecule has 1 aromatic carbocycles. The first-order valence-corrected chi connectivity index (χ1v) is 8.91. The number of aliphatic imine (C=N–C) groups is 1. The van der Waals surface area contributed by atoms with Crippen LogP contribution in [0.4, 0.5) is 5.69 Å². The van der Waals surface area contributed by atoms with Gasteiger partial charge in [0.05, 0.1) is 0 Å². The predicted molar refractivity (Wildman–Crippen MR) is 101 cm³/mol. The van der Waals surface area contributed by atoms with E-state index >= 15 is 0 Å². The second-order valence-corrected chi connectivity index (χ2v) is 6.49. The predicted octanol–water partition coefficient (Wildman–Crippen LogP) is 1.80. The minimum Gasteiger partial charge on any atom is -0.369 e. The highest BCUT2D eigenvalue weighted by molar-refractivity contribution is 6.30. The van der Waals surface area contributed by atoms with Crippen molar-refractivity contribution in [3.63, 3.8) is 0 Å². The summed E-state index contributed by atoms with van der Waals surface area (Å²) in [6.07, 6.45) is 2.60. The molecule has 1 aliphatic heterocycles. The van der Waals surface area contributed by atoms with Crippen molar-refractivity contribution in [1.29, 1.82) is 0 Å². The molecular formula is C17H24ClN7. The topological polar surface area (TPSA) is 70.4 Å². The fourth-order valence-corrected chi connectivity index (χ4v) is 3.10. The molecule has 2 heterocycles. The van der Waals surface area contributed by atoms with Gasteiger partial charge in [0.15, 0.2) is 5.96 Å². The SMILES string of the molecule is CCNC(=NCc1ncnn1C)NC1CCN(c2cccc(Cl)c2)C1. The van der Waals surface area contributed by atoms with Gasteiger partial charge in [0.25, 0.3) is 0 Å². The Bertz CT molecular complexity index is 727. The lowest BCUT2D eigenvalue weighted by Crippen LogP contribution is -2.44. The van der Waals surface area contributed by atoms with Crippen LogP contribution in [-0.4, -0.2) is 46.4 Å². The zero-order valence-corrected chi connectivity index (χ0v) is 15.4. The molecular weight excluding hydrogens is 338 g/mol. The maximum absolute atomic E-state index is 6.10. The van der Waals surface area contributed by atoms with Gasteiger partial charge in [0, 0.05) is 43.4 Å². The molecule has 1 unspecified atom stereocenters. The monoisotopic (exact) mass is 361 g/mol. The molecule has 0 bridgehead atoms. The number of guanidine groups is 1. The minimum absolute atomic E-state index is 0.344. The molecule has 1 atom stereocenters. The summed E-state index contributed by atoms with van der Waals surface area (Å²) in [5.41, 5.74) is 1.16. The summed E-state index contributed by atoms with van der Waals surface area (Å²) < 4.78 is 1.74. The fraction of sp³-hybridized carbons (Fsp3) is 0.471. The van der Waals surface area contributed by atoms with Crippen molar-refractivity contribution in [1.82, 2.24) is 25.4 Å². The number of halogens is 1. The Labute approximate surface area is 153 Å². The highest BCUT2D eigenvalue weighted by Crippen LogP contribution is 2.23. The van der Waals surface area contributed by atoms with E-state index < -0.39 is 0 Å². The second-order valence-electron chi connectivity index (χ2n) is 6.05. The third-order valence-corrected chi connectivity index (χ3v) is 4.47. The van der Waals surface area contributed by atoms with Gasteiger partial charge in [-0.05, 0) is 31.5 Å². The van der Waals surface area contributed by atoms with E-state index in [0.29, 0.717) is 12.6 Å². The molecule has 25 heavy (non-hydrogen) atoms. The Morgan fingerprint density at radius 3 is 3.04 bits per heavy atom. The van der Waals surface area contributed by atoms with E-state index in [1.165, 1.54) is 0 Å². The van der Waals surface area contributed by atoms with E-state index in [-0.39, 0.29) is 0 Å². The van der Waals surface area contributed by atoms with Crippen LogP contribution in [0.1, 0.15) is 19.2 Å². The largest absolute Gasteiger partial charge is 0.369 e. The van der Waals surface area contributed by atoms with Crippen LogP contribution >= 0.6 is 11.6 Å². The maximum atomic E-state index is 6.10. The molecule has 0 saturated carbocycles. The molecule has 0 spiro atoms. The molecule has 1 saturated heterocycles. The first kappa shape index (κ1) is 17.5. The van der Waals surface area contributed by atoms with Gasteiger partial charge in [0.1, 0.15) is 18.7 Å². The van der Waals surface area contributed by atoms with Crippen molar-refractivity contribution in [2.75, 3.05) is 24.5 Å². The molecule has 134 valence electrons. The molecule has 2 aromatic rings. The number of anilines is 1. The average Bonchev–Trinajstić information content (AvgIpc) is 3.22. The van der Waals surface area contributed by atoms with Crippen LogP contribution in [0.2, 0.25) is 5.02 Å². The van der Waals surface area contributed by atoms with Gasteiger partial charge >= 0.3 is 0 Å². The van der Waals surface area contributed by atoms with Crippen molar-refractivity contribution in [3.8, 4) is 0 Å². The van der Waals surface area contributed by atoms with Crippen LogP contribution in [0.5, 0.6) is 0 Å². The Balaban J connectivity index is 1.60. The summed E-state index contributed by atoms with van der Waals surface area (Å²) in [6, 6.07) is 8.35. The molecule has 1 aromatic heterocycles. The Kier molecular flexibility index (Phi) is 5.75. The molecule has 8 heteroatoms. The summed E-state index contributed by atoms with van der Waals surface area (Å²) in [5.74, 6) is 1.65. The van der Waals surface area contributed by atoms with Gasteiger partial charge in [-0.25, -0.2) is 9.98 Å². The number of nitrogens with zero attached hydrogens (tertiary/aromatic N) is 5. The zero-order chi connectivity index (χ0) is 17.6. The summed E-state index contributed by atoms with van der Waals surface area (Å²) in [7, 11) is 1.87. The maximum Gasteiger partial charge on any atom is 0.191 e. The molecule has 0 amide bonds. The molecule has 3 rings (SSSR count). The first-order valence-electron chi connectivity index (χ1n) is 8.54. The number of rotatable bonds is 5. The normalized spacial score (nSPS) is 17.8. The van der Waals surface area contributed by atoms with E-state index in [1.807, 2.05) is 25.2 Å². The lowest BCUT2D eigenvalue weighted by atomic mass is 10.3. The van der Waals surface area contributed by atoms with Gasteiger partial charge in [-0.2, -0.15) is 5.10 Å². The van der Waals surface area contributed by atoms with E-state index in [4.69, 9.17) is 11.6 Å². The van der Waals surface area contributed by atoms with Crippen LogP contribution in [-0.2, 0) is 13.6 Å². The smallest absolute Gasteiger partial charge is 0.191 e. The van der Waals surface area contributed by atoms with Gasteiger partial charge in [-0.3, -0.25) is 4.68 Å². The quantitative estimate of drug-likeness (QED) is 0.627. The van der Waals surface area contributed by atoms with Crippen molar-refractivity contribution in [2.24, 2.45) is 12.0 Å². The van der Waals surface area contributed by atoms with Gasteiger partial charge in [-0.15, -0.1) is 0 Å². The Hall–Kier alpha value is -2.28. The highest BCUT2D eigenvalue weighted by Gasteiger charge is 2.23. The summed E-state index contributed by atoms with van der Waals surface area (Å²) in [6.45, 7) is 5.30. The standard InChI is InChI=1S/C17H24ClN7/c1-3-19-17(20-10-16-21-12-22-24(16)2)23-14-7-8-25(11-14)15-6-4-5-13(18)9-15/h4-6,9,12,14H,3,7-8,10-11H2,1-2H3,(H2,19,20,23). The Morgan fingerprint density at radius 2 is 2.32 bits per heavy atom. The summed E-state index contributed by atoms with van der Waals surface area (Å²) in [5, 5.41) is 11.7. The minimum atomic E-state index is 0.344. The summed E-state index contributed by atoms with van der Waals surface area (Å²) in [4.78, 5) is 11.2. The Morgan fingerprint density at radius 1 is 1.44 bits per heavy atom. The van der Waals surface area contributed by atoms with Gasteiger partial charge in [-0.1, -0.05) is 17.7 Å². The van der Waals surface area contributed by atoms with E-state index in [2.05, 4.69) is 43.6 Å². The number of aryl methyl sites for hydroxylation is 1. The van der Waals surface area contributed by atoms with Gasteiger partial charge in [0.2, 0.25) is 0 Å². The zero-order valence-electron chi connectivity index (χ0n) is 14.6. The average molecular weight is 362 g/mol. The van der Waals surface area contributed by atoms with Crippen molar-refractivity contribution < 1.29 is 0 Å². The summed E-state index contributed by atoms with van der Waals surface area (Å²) >= 11 is 6.10. The van der Waals surface area contributed by atoms with Crippen molar-refractivity contribution in [2.45, 2.75) is 25.9 Å². The van der Waals surface area contributed by atoms with E-state index in [0.717, 1.165) is 48.5 Å². The van der Waals surface area contributed by atoms with E-state index in [9.17, 15) is 0 Å². The third-order valence-electron chi connectivity index (χ3n) is 4.23. The van der Waals surface area contributed by atoms with Crippen LogP contribution in [0.3, 0.4) is 0 Å². The van der Waals surface area contributed by atoms with Crippen molar-refractivity contribution in [3.05, 3.63) is 41.4 Å². The highest BCUT2D eigenvalue weighted by atomic mass is 35.5. The lowest BCUT2D eigenvalue weighted by Gasteiger charge is -2.20. The lowest BCUT2D eigenvalue weighted by molar-refractivity contribution is 0.644. The molecule has 1 aliphatic rings. The molecule has 0 radical (unpaired) electrons. The fourth-order valence-electron chi connectivity index (χ4n) is 2.91. The van der Waals surface area contributed by atoms with Crippen LogP contribution < -0.4 is 15.5 Å². The van der Waals surface area contributed by atoms with Crippen molar-refractivity contribution >= 4 is 23.2 Å². The molecule has 2 N–H and O–H groups in total. The van der Waals surface area contributed by atoms with E-state index in [1.54, 1.807) is 11.0 Å². The second kappa shape index (κ2) is 8.20. The first-order chi connectivity index (χ1) is 12.2. The number of aromatic nitrogens is 3. The van der Waals surface area contributed by atoms with Crippen LogP contribution in [0.25, 0.3) is 0 Å². The molecule has 0 aliphatic carbocycles. The molecule has 7 nitrogen and oxygen atoms in total. The number of hydrogen-bond donors (Lipinski definition) is 2. The number of benzene rings is 1. The van der Waals surface area contributed by atoms with Gasteiger partial charge < -0.3 is 15.5 Å². The van der Waals surface area contributed by atoms with Crippen LogP contribution in [0, 0.1) is 0 Å². The third kappa shape index (κ3) is 4.63. The number of hydrogen-bond acceptors (Lipinski definition) is 4.